The van der Waals surface area contributed by atoms with E-state index in [0.717, 1.165) is 0 Å². The number of carbonyl (C=O) groups excluding carboxylic acids is 1. The van der Waals surface area contributed by atoms with E-state index in [4.69, 9.17) is 15.7 Å². The van der Waals surface area contributed by atoms with Crippen LogP contribution in [0.2, 0.25) is 0 Å². The first kappa shape index (κ1) is 15.5. The van der Waals surface area contributed by atoms with Crippen molar-refractivity contribution in [1.82, 2.24) is 5.32 Å². The molecule has 0 bridgehead atoms. The quantitative estimate of drug-likeness (QED) is 0.304. The van der Waals surface area contributed by atoms with E-state index in [1.807, 2.05) is 13.8 Å². The molecule has 0 spiro atoms. The summed E-state index contributed by atoms with van der Waals surface area (Å²) in [5.41, 5.74) is 4.94. The second kappa shape index (κ2) is 6.32. The van der Waals surface area contributed by atoms with Crippen LogP contribution < -0.4 is 11.1 Å². The molecule has 0 heterocycles. The predicted octanol–water partition coefficient (Wildman–Crippen LogP) is 1.67. The first-order valence-electron chi connectivity index (χ1n) is 5.62. The van der Waals surface area contributed by atoms with Gasteiger partial charge in [-0.3, -0.25) is 0 Å². The molecule has 100 valence electrons. The number of carbonyl (C=O) groups is 1. The molecule has 0 aromatic carbocycles. The van der Waals surface area contributed by atoms with Gasteiger partial charge in [0.15, 0.2) is 5.84 Å². The van der Waals surface area contributed by atoms with E-state index in [1.54, 1.807) is 20.8 Å². The molecule has 0 aromatic rings. The number of nitrogens with one attached hydrogen (secondary N) is 1. The number of hydrogen-bond acceptors (Lipinski definition) is 4. The second-order valence-corrected chi connectivity index (χ2v) is 5.35. The number of nitrogens with two attached hydrogens (primary N) is 1. The maximum absolute atomic E-state index is 11.5. The minimum absolute atomic E-state index is 0.0236. The zero-order valence-electron chi connectivity index (χ0n) is 11.2. The molecule has 6 heteroatoms. The Bertz CT molecular complexity index is 282. The Kier molecular flexibility index (Phi) is 5.78. The van der Waals surface area contributed by atoms with Gasteiger partial charge >= 0.3 is 6.09 Å². The third kappa shape index (κ3) is 7.43. The first-order chi connectivity index (χ1) is 7.65. The summed E-state index contributed by atoms with van der Waals surface area (Å²) in [5.74, 6) is 0.278. The van der Waals surface area contributed by atoms with Crippen molar-refractivity contribution in [3.05, 3.63) is 0 Å². The van der Waals surface area contributed by atoms with Crippen LogP contribution in [0.4, 0.5) is 4.79 Å². The van der Waals surface area contributed by atoms with Crippen LogP contribution in [0.3, 0.4) is 0 Å². The molecule has 0 saturated heterocycles. The van der Waals surface area contributed by atoms with Crippen LogP contribution in [0.25, 0.3) is 0 Å². The Balaban J connectivity index is 4.49. The fourth-order valence-electron chi connectivity index (χ4n) is 1.24. The van der Waals surface area contributed by atoms with Gasteiger partial charge in [-0.2, -0.15) is 0 Å². The highest BCUT2D eigenvalue weighted by molar-refractivity contribution is 5.88. The lowest BCUT2D eigenvalue weighted by molar-refractivity contribution is 0.0513. The van der Waals surface area contributed by atoms with E-state index in [2.05, 4.69) is 10.5 Å². The number of alkyl carbamates (subject to hydrolysis) is 1. The Hall–Kier alpha value is -1.46. The fraction of sp³-hybridized carbons (Fsp3) is 0.818. The van der Waals surface area contributed by atoms with Gasteiger partial charge < -0.3 is 21.0 Å². The second-order valence-electron chi connectivity index (χ2n) is 5.35. The molecular weight excluding hydrogens is 222 g/mol. The van der Waals surface area contributed by atoms with Crippen LogP contribution in [0.5, 0.6) is 0 Å². The minimum Gasteiger partial charge on any atom is -0.444 e. The molecule has 0 aromatic heterocycles. The molecule has 0 rings (SSSR count). The van der Waals surface area contributed by atoms with Crippen LogP contribution >= 0.6 is 0 Å². The summed E-state index contributed by atoms with van der Waals surface area (Å²) in [6.07, 6.45) is 0.00420. The number of hydrogen-bond donors (Lipinski definition) is 3. The summed E-state index contributed by atoms with van der Waals surface area (Å²) in [6.45, 7) is 9.28. The molecule has 0 radical (unpaired) electrons. The van der Waals surface area contributed by atoms with Gasteiger partial charge in [0.25, 0.3) is 0 Å². The summed E-state index contributed by atoms with van der Waals surface area (Å²) in [5, 5.41) is 14.1. The molecule has 4 N–H and O–H groups in total. The number of amides is 1. The minimum atomic E-state index is -0.574. The average molecular weight is 245 g/mol. The van der Waals surface area contributed by atoms with Gasteiger partial charge in [-0.1, -0.05) is 19.0 Å². The molecule has 0 aliphatic heterocycles. The lowest BCUT2D eigenvalue weighted by Crippen LogP contribution is -2.47. The highest BCUT2D eigenvalue weighted by atomic mass is 16.6. The van der Waals surface area contributed by atoms with Crippen molar-refractivity contribution in [3.8, 4) is 0 Å². The number of oxime groups is 1. The van der Waals surface area contributed by atoms with Crippen molar-refractivity contribution in [1.29, 1.82) is 0 Å². The molecule has 17 heavy (non-hydrogen) atoms. The van der Waals surface area contributed by atoms with Crippen molar-refractivity contribution in [2.75, 3.05) is 0 Å². The van der Waals surface area contributed by atoms with Crippen LogP contribution in [0.15, 0.2) is 5.16 Å². The van der Waals surface area contributed by atoms with Gasteiger partial charge in [-0.15, -0.1) is 0 Å². The largest absolute Gasteiger partial charge is 0.444 e. The Morgan fingerprint density at radius 3 is 2.35 bits per heavy atom. The zero-order valence-corrected chi connectivity index (χ0v) is 11.2. The normalized spacial score (nSPS) is 14.6. The van der Waals surface area contributed by atoms with Gasteiger partial charge in [-0.25, -0.2) is 4.79 Å². The third-order valence-corrected chi connectivity index (χ3v) is 1.87. The molecular formula is C11H23N3O3. The van der Waals surface area contributed by atoms with Gasteiger partial charge in [0.05, 0.1) is 6.04 Å². The van der Waals surface area contributed by atoms with E-state index < -0.39 is 17.7 Å². The number of amidine groups is 1. The van der Waals surface area contributed by atoms with Crippen LogP contribution in [-0.4, -0.2) is 28.8 Å². The Labute approximate surface area is 102 Å². The molecule has 0 aliphatic carbocycles. The predicted molar refractivity (Wildman–Crippen MR) is 66.0 cm³/mol. The Morgan fingerprint density at radius 1 is 1.47 bits per heavy atom. The van der Waals surface area contributed by atoms with Gasteiger partial charge in [0, 0.05) is 0 Å². The smallest absolute Gasteiger partial charge is 0.408 e. The maximum atomic E-state index is 11.5. The van der Waals surface area contributed by atoms with E-state index in [-0.39, 0.29) is 5.84 Å². The monoisotopic (exact) mass is 245 g/mol. The van der Waals surface area contributed by atoms with Crippen molar-refractivity contribution >= 4 is 11.9 Å². The fourth-order valence-corrected chi connectivity index (χ4v) is 1.24. The van der Waals surface area contributed by atoms with Crippen molar-refractivity contribution in [2.45, 2.75) is 52.7 Å². The van der Waals surface area contributed by atoms with E-state index in [0.29, 0.717) is 12.3 Å². The summed E-state index contributed by atoms with van der Waals surface area (Å²) < 4.78 is 5.10. The topological polar surface area (TPSA) is 96.9 Å². The molecule has 1 amide bonds. The lowest BCUT2D eigenvalue weighted by Gasteiger charge is -2.23. The van der Waals surface area contributed by atoms with Crippen LogP contribution in [0, 0.1) is 5.92 Å². The molecule has 1 atom stereocenters. The number of nitrogens with zero attached hydrogens (tertiary/aromatic N) is 1. The van der Waals surface area contributed by atoms with Gasteiger partial charge in [0.1, 0.15) is 5.60 Å². The number of rotatable bonds is 4. The average Bonchev–Trinajstić information content (AvgIpc) is 2.11. The van der Waals surface area contributed by atoms with Crippen molar-refractivity contribution < 1.29 is 14.7 Å². The summed E-state index contributed by atoms with van der Waals surface area (Å²) in [4.78, 5) is 11.5. The number of ether oxygens (including phenoxy) is 1. The summed E-state index contributed by atoms with van der Waals surface area (Å²) in [6, 6.07) is -0.519. The molecule has 6 nitrogen and oxygen atoms in total. The third-order valence-electron chi connectivity index (χ3n) is 1.87. The summed E-state index contributed by atoms with van der Waals surface area (Å²) >= 11 is 0. The van der Waals surface area contributed by atoms with Crippen LogP contribution in [-0.2, 0) is 4.74 Å². The maximum Gasteiger partial charge on any atom is 0.408 e. The van der Waals surface area contributed by atoms with Crippen molar-refractivity contribution in [2.24, 2.45) is 16.8 Å². The first-order valence-corrected chi connectivity index (χ1v) is 5.62. The van der Waals surface area contributed by atoms with E-state index >= 15 is 0 Å². The molecule has 0 aliphatic rings. The summed E-state index contributed by atoms with van der Waals surface area (Å²) in [7, 11) is 0. The zero-order chi connectivity index (χ0) is 13.6. The van der Waals surface area contributed by atoms with Crippen LogP contribution in [0.1, 0.15) is 41.0 Å². The molecule has 0 fully saturated rings. The standard InChI is InChI=1S/C11H23N3O3/c1-7(2)6-8(9(12)14-16)13-10(15)17-11(3,4)5/h7-8,16H,6H2,1-5H3,(H2,12,14)(H,13,15)/t8-/m1/s1. The van der Waals surface area contributed by atoms with E-state index in [1.165, 1.54) is 0 Å². The highest BCUT2D eigenvalue weighted by Gasteiger charge is 2.22. The molecule has 0 unspecified atom stereocenters. The van der Waals surface area contributed by atoms with Gasteiger partial charge in [-0.05, 0) is 33.1 Å². The van der Waals surface area contributed by atoms with Gasteiger partial charge in [0.2, 0.25) is 0 Å². The SMILES string of the molecule is CC(C)C[C@@H](NC(=O)OC(C)(C)C)/C(N)=N\O. The lowest BCUT2D eigenvalue weighted by atomic mass is 10.0. The van der Waals surface area contributed by atoms with E-state index in [9.17, 15) is 4.79 Å². The highest BCUT2D eigenvalue weighted by Crippen LogP contribution is 2.09. The molecule has 0 saturated carbocycles. The van der Waals surface area contributed by atoms with Crippen molar-refractivity contribution in [3.63, 3.8) is 0 Å². The Morgan fingerprint density at radius 2 is 2.00 bits per heavy atom.